The SMILES string of the molecule is O=C1NC[C@]2(CCCN(C(=O)c3cc(-c4ccccc4)nc4ccccc34)C2)O1. The van der Waals surface area contributed by atoms with E-state index in [2.05, 4.69) is 5.32 Å². The molecule has 0 radical (unpaired) electrons. The van der Waals surface area contributed by atoms with Crippen molar-refractivity contribution >= 4 is 22.9 Å². The Balaban J connectivity index is 1.55. The van der Waals surface area contributed by atoms with Crippen LogP contribution in [0.25, 0.3) is 22.2 Å². The number of alkyl carbamates (subject to hydrolysis) is 1. The Labute approximate surface area is 168 Å². The number of rotatable bonds is 2. The lowest BCUT2D eigenvalue weighted by molar-refractivity contribution is -0.00497. The number of para-hydroxylation sites is 1. The van der Waals surface area contributed by atoms with E-state index in [-0.39, 0.29) is 5.91 Å². The molecule has 0 bridgehead atoms. The molecule has 5 rings (SSSR count). The minimum Gasteiger partial charge on any atom is -0.439 e. The van der Waals surface area contributed by atoms with Crippen LogP contribution in [0.4, 0.5) is 4.79 Å². The van der Waals surface area contributed by atoms with Crippen molar-refractivity contribution in [1.29, 1.82) is 0 Å². The molecule has 2 aliphatic heterocycles. The van der Waals surface area contributed by atoms with Crippen LogP contribution in [0.3, 0.4) is 0 Å². The lowest BCUT2D eigenvalue weighted by atomic mass is 9.92. The Bertz CT molecular complexity index is 1100. The number of pyridine rings is 1. The average molecular weight is 387 g/mol. The maximum Gasteiger partial charge on any atom is 0.407 e. The third-order valence-electron chi connectivity index (χ3n) is 5.71. The molecule has 6 heteroatoms. The molecular formula is C23H21N3O3. The first-order chi connectivity index (χ1) is 14.1. The van der Waals surface area contributed by atoms with Gasteiger partial charge in [-0.2, -0.15) is 0 Å². The molecule has 1 spiro atoms. The fourth-order valence-corrected chi connectivity index (χ4v) is 4.28. The van der Waals surface area contributed by atoms with Gasteiger partial charge in [-0.05, 0) is 25.0 Å². The Kier molecular flexibility index (Phi) is 4.19. The Morgan fingerprint density at radius 2 is 1.90 bits per heavy atom. The first-order valence-electron chi connectivity index (χ1n) is 9.85. The summed E-state index contributed by atoms with van der Waals surface area (Å²) in [4.78, 5) is 31.7. The van der Waals surface area contributed by atoms with Gasteiger partial charge in [0.2, 0.25) is 0 Å². The van der Waals surface area contributed by atoms with Gasteiger partial charge in [0.05, 0.1) is 29.9 Å². The number of aromatic nitrogens is 1. The van der Waals surface area contributed by atoms with Gasteiger partial charge >= 0.3 is 6.09 Å². The number of piperidine rings is 1. The molecule has 2 aromatic carbocycles. The van der Waals surface area contributed by atoms with E-state index < -0.39 is 11.7 Å². The number of likely N-dealkylation sites (tertiary alicyclic amines) is 1. The molecule has 2 fully saturated rings. The van der Waals surface area contributed by atoms with E-state index in [9.17, 15) is 9.59 Å². The summed E-state index contributed by atoms with van der Waals surface area (Å²) in [7, 11) is 0. The summed E-state index contributed by atoms with van der Waals surface area (Å²) < 4.78 is 5.53. The zero-order valence-electron chi connectivity index (χ0n) is 15.9. The number of ether oxygens (including phenoxy) is 1. The third-order valence-corrected chi connectivity index (χ3v) is 5.71. The Morgan fingerprint density at radius 3 is 2.69 bits per heavy atom. The second kappa shape index (κ2) is 6.88. The zero-order valence-corrected chi connectivity index (χ0v) is 15.9. The van der Waals surface area contributed by atoms with Crippen LogP contribution in [-0.2, 0) is 4.74 Å². The lowest BCUT2D eigenvalue weighted by Crippen LogP contribution is -2.52. The van der Waals surface area contributed by atoms with Gasteiger partial charge in [0.1, 0.15) is 5.60 Å². The van der Waals surface area contributed by atoms with Gasteiger partial charge in [0.25, 0.3) is 5.91 Å². The minimum absolute atomic E-state index is 0.0530. The minimum atomic E-state index is -0.615. The van der Waals surface area contributed by atoms with Crippen molar-refractivity contribution in [3.8, 4) is 11.3 Å². The molecule has 3 heterocycles. The average Bonchev–Trinajstić information content (AvgIpc) is 3.12. The van der Waals surface area contributed by atoms with E-state index in [0.717, 1.165) is 35.0 Å². The molecule has 1 aromatic heterocycles. The molecule has 2 amide bonds. The number of nitrogens with one attached hydrogen (secondary N) is 1. The van der Waals surface area contributed by atoms with Crippen molar-refractivity contribution in [3.05, 3.63) is 66.2 Å². The molecule has 2 aliphatic rings. The predicted molar refractivity (Wildman–Crippen MR) is 110 cm³/mol. The van der Waals surface area contributed by atoms with Gasteiger partial charge in [-0.15, -0.1) is 0 Å². The van der Waals surface area contributed by atoms with E-state index in [0.29, 0.717) is 25.2 Å². The van der Waals surface area contributed by atoms with Crippen molar-refractivity contribution < 1.29 is 14.3 Å². The first-order valence-corrected chi connectivity index (χ1v) is 9.85. The quantitative estimate of drug-likeness (QED) is 0.729. The standard InChI is InChI=1S/C23H21N3O3/c27-21(26-12-6-11-23(15-26)14-24-22(28)29-23)18-13-20(16-7-2-1-3-8-16)25-19-10-5-4-9-17(18)19/h1-5,7-10,13H,6,11-12,14-15H2,(H,24,28)/t23-/m0/s1. The van der Waals surface area contributed by atoms with Gasteiger partial charge in [0, 0.05) is 17.5 Å². The number of hydrogen-bond acceptors (Lipinski definition) is 4. The van der Waals surface area contributed by atoms with E-state index >= 15 is 0 Å². The summed E-state index contributed by atoms with van der Waals surface area (Å²) in [6.07, 6.45) is 1.16. The molecule has 3 aromatic rings. The summed E-state index contributed by atoms with van der Waals surface area (Å²) in [6.45, 7) is 1.50. The van der Waals surface area contributed by atoms with Crippen LogP contribution in [0.2, 0.25) is 0 Å². The van der Waals surface area contributed by atoms with Crippen molar-refractivity contribution in [2.24, 2.45) is 0 Å². The molecule has 0 unspecified atom stereocenters. The number of carbonyl (C=O) groups is 2. The van der Waals surface area contributed by atoms with Crippen molar-refractivity contribution in [2.75, 3.05) is 19.6 Å². The largest absolute Gasteiger partial charge is 0.439 e. The number of carbonyl (C=O) groups excluding carboxylic acids is 2. The van der Waals surface area contributed by atoms with Crippen LogP contribution in [-0.4, -0.2) is 47.1 Å². The fraction of sp³-hybridized carbons (Fsp3) is 0.261. The summed E-state index contributed by atoms with van der Waals surface area (Å²) >= 11 is 0. The molecule has 1 atom stereocenters. The highest BCUT2D eigenvalue weighted by atomic mass is 16.6. The molecule has 29 heavy (non-hydrogen) atoms. The lowest BCUT2D eigenvalue weighted by Gasteiger charge is -2.38. The molecule has 2 saturated heterocycles. The van der Waals surface area contributed by atoms with Crippen LogP contribution < -0.4 is 5.32 Å². The van der Waals surface area contributed by atoms with Gasteiger partial charge in [-0.3, -0.25) is 4.79 Å². The van der Waals surface area contributed by atoms with Gasteiger partial charge in [0.15, 0.2) is 0 Å². The molecule has 0 saturated carbocycles. The van der Waals surface area contributed by atoms with Gasteiger partial charge in [-0.1, -0.05) is 48.5 Å². The highest BCUT2D eigenvalue weighted by Crippen LogP contribution is 2.31. The molecule has 1 N–H and O–H groups in total. The van der Waals surface area contributed by atoms with Crippen molar-refractivity contribution in [3.63, 3.8) is 0 Å². The topological polar surface area (TPSA) is 71.5 Å². The predicted octanol–water partition coefficient (Wildman–Crippen LogP) is 3.62. The molecule has 6 nitrogen and oxygen atoms in total. The normalized spacial score (nSPS) is 21.2. The maximum atomic E-state index is 13.6. The summed E-state index contributed by atoms with van der Waals surface area (Å²) in [5.41, 5.74) is 2.54. The summed E-state index contributed by atoms with van der Waals surface area (Å²) in [5, 5.41) is 3.56. The number of amides is 2. The third kappa shape index (κ3) is 3.20. The van der Waals surface area contributed by atoms with Gasteiger partial charge < -0.3 is 15.0 Å². The summed E-state index contributed by atoms with van der Waals surface area (Å²) in [5.74, 6) is -0.0530. The first kappa shape index (κ1) is 17.7. The molecule has 0 aliphatic carbocycles. The van der Waals surface area contributed by atoms with Crippen molar-refractivity contribution in [2.45, 2.75) is 18.4 Å². The van der Waals surface area contributed by atoms with E-state index in [1.54, 1.807) is 4.90 Å². The van der Waals surface area contributed by atoms with E-state index in [1.807, 2.05) is 60.7 Å². The number of fused-ring (bicyclic) bond motifs is 1. The zero-order chi connectivity index (χ0) is 19.8. The van der Waals surface area contributed by atoms with Crippen LogP contribution >= 0.6 is 0 Å². The van der Waals surface area contributed by atoms with Crippen LogP contribution in [0, 0.1) is 0 Å². The maximum absolute atomic E-state index is 13.6. The smallest absolute Gasteiger partial charge is 0.407 e. The second-order valence-corrected chi connectivity index (χ2v) is 7.69. The molecule has 146 valence electrons. The number of hydrogen-bond donors (Lipinski definition) is 1. The summed E-state index contributed by atoms with van der Waals surface area (Å²) in [6, 6.07) is 19.4. The highest BCUT2D eigenvalue weighted by molar-refractivity contribution is 6.07. The van der Waals surface area contributed by atoms with Gasteiger partial charge in [-0.25, -0.2) is 9.78 Å². The molecular weight excluding hydrogens is 366 g/mol. The number of nitrogens with zero attached hydrogens (tertiary/aromatic N) is 2. The second-order valence-electron chi connectivity index (χ2n) is 7.69. The number of benzene rings is 2. The van der Waals surface area contributed by atoms with Crippen LogP contribution in [0.15, 0.2) is 60.7 Å². The van der Waals surface area contributed by atoms with Crippen LogP contribution in [0.5, 0.6) is 0 Å². The Hall–Kier alpha value is -3.41. The Morgan fingerprint density at radius 1 is 1.10 bits per heavy atom. The monoisotopic (exact) mass is 387 g/mol. The van der Waals surface area contributed by atoms with Crippen LogP contribution in [0.1, 0.15) is 23.2 Å². The van der Waals surface area contributed by atoms with E-state index in [4.69, 9.17) is 9.72 Å². The fourth-order valence-electron chi connectivity index (χ4n) is 4.28. The van der Waals surface area contributed by atoms with Crippen molar-refractivity contribution in [1.82, 2.24) is 15.2 Å². The van der Waals surface area contributed by atoms with E-state index in [1.165, 1.54) is 0 Å². The highest BCUT2D eigenvalue weighted by Gasteiger charge is 2.45.